The van der Waals surface area contributed by atoms with Crippen LogP contribution in [0.25, 0.3) is 0 Å². The number of hydrogen-bond donors (Lipinski definition) is 1. The van der Waals surface area contributed by atoms with E-state index < -0.39 is 0 Å². The molecule has 0 aromatic carbocycles. The average Bonchev–Trinajstić information content (AvgIpc) is 2.59. The lowest BCUT2D eigenvalue weighted by Gasteiger charge is -2.53. The summed E-state index contributed by atoms with van der Waals surface area (Å²) in [5, 5.41) is 10.8. The third-order valence-electron chi connectivity index (χ3n) is 6.33. The summed E-state index contributed by atoms with van der Waals surface area (Å²) in [6.45, 7) is 8.15. The Bertz CT molecular complexity index is 323. The number of aliphatic hydroxyl groups is 1. The Hall–Kier alpha value is -0.0800. The Morgan fingerprint density at radius 2 is 1.35 bits per heavy atom. The Labute approximate surface area is 124 Å². The molecule has 0 atom stereocenters. The molecule has 3 aliphatic rings. The fourth-order valence-corrected chi connectivity index (χ4v) is 4.78. The predicted molar refractivity (Wildman–Crippen MR) is 83.8 cm³/mol. The van der Waals surface area contributed by atoms with E-state index in [1.165, 1.54) is 64.5 Å². The highest BCUT2D eigenvalue weighted by molar-refractivity contribution is 5.00. The summed E-state index contributed by atoms with van der Waals surface area (Å²) >= 11 is 0. The highest BCUT2D eigenvalue weighted by atomic mass is 16.3. The lowest BCUT2D eigenvalue weighted by atomic mass is 9.69. The SMILES string of the molecule is CC1(C)CCC(O)(CN2CC3(CCCCCC3)C2)CC1. The van der Waals surface area contributed by atoms with Crippen LogP contribution in [-0.2, 0) is 0 Å². The highest BCUT2D eigenvalue weighted by Gasteiger charge is 2.46. The fourth-order valence-electron chi connectivity index (χ4n) is 4.78. The van der Waals surface area contributed by atoms with Crippen LogP contribution in [0.4, 0.5) is 0 Å². The van der Waals surface area contributed by atoms with Gasteiger partial charge in [-0.3, -0.25) is 4.90 Å². The fraction of sp³-hybridized carbons (Fsp3) is 1.00. The summed E-state index contributed by atoms with van der Waals surface area (Å²) in [6, 6.07) is 0. The van der Waals surface area contributed by atoms with E-state index in [-0.39, 0.29) is 5.60 Å². The molecule has 1 heterocycles. The summed E-state index contributed by atoms with van der Waals surface area (Å²) in [7, 11) is 0. The quantitative estimate of drug-likeness (QED) is 0.826. The van der Waals surface area contributed by atoms with Gasteiger partial charge in [-0.2, -0.15) is 0 Å². The first kappa shape index (κ1) is 14.8. The molecule has 2 aliphatic carbocycles. The lowest BCUT2D eigenvalue weighted by Crippen LogP contribution is -2.60. The Kier molecular flexibility index (Phi) is 3.92. The van der Waals surface area contributed by atoms with Gasteiger partial charge in [-0.25, -0.2) is 0 Å². The van der Waals surface area contributed by atoms with Gasteiger partial charge in [0.25, 0.3) is 0 Å². The van der Waals surface area contributed by atoms with Gasteiger partial charge in [0, 0.05) is 19.6 Å². The minimum absolute atomic E-state index is 0.387. The maximum Gasteiger partial charge on any atom is 0.0774 e. The monoisotopic (exact) mass is 279 g/mol. The van der Waals surface area contributed by atoms with Gasteiger partial charge in [0.1, 0.15) is 0 Å². The zero-order valence-corrected chi connectivity index (χ0v) is 13.6. The first-order valence-electron chi connectivity index (χ1n) is 8.85. The molecule has 3 fully saturated rings. The number of nitrogens with zero attached hydrogens (tertiary/aromatic N) is 1. The van der Waals surface area contributed by atoms with Crippen LogP contribution in [0.1, 0.15) is 78.1 Å². The number of β-amino-alcohol motifs (C(OH)–C–C–N with tert-alkyl or cyclic N) is 1. The molecule has 1 N–H and O–H groups in total. The van der Waals surface area contributed by atoms with E-state index in [2.05, 4.69) is 18.7 Å². The second-order valence-corrected chi connectivity index (χ2v) is 8.95. The minimum atomic E-state index is -0.387. The Balaban J connectivity index is 1.48. The molecular weight excluding hydrogens is 246 g/mol. The second kappa shape index (κ2) is 5.28. The second-order valence-electron chi connectivity index (χ2n) is 8.95. The van der Waals surface area contributed by atoms with E-state index in [9.17, 15) is 5.11 Å². The molecule has 0 aromatic rings. The van der Waals surface area contributed by atoms with Gasteiger partial charge in [-0.15, -0.1) is 0 Å². The Morgan fingerprint density at radius 1 is 0.800 bits per heavy atom. The molecule has 2 heteroatoms. The van der Waals surface area contributed by atoms with Gasteiger partial charge in [0.05, 0.1) is 5.60 Å². The van der Waals surface area contributed by atoms with Crippen LogP contribution >= 0.6 is 0 Å². The summed E-state index contributed by atoms with van der Waals surface area (Å²) in [5.74, 6) is 0. The van der Waals surface area contributed by atoms with Crippen LogP contribution < -0.4 is 0 Å². The normalized spacial score (nSPS) is 32.5. The van der Waals surface area contributed by atoms with Gasteiger partial charge in [-0.1, -0.05) is 39.5 Å². The third-order valence-corrected chi connectivity index (χ3v) is 6.33. The third kappa shape index (κ3) is 3.22. The summed E-state index contributed by atoms with van der Waals surface area (Å²) < 4.78 is 0. The molecule has 3 rings (SSSR count). The van der Waals surface area contributed by atoms with Crippen molar-refractivity contribution in [3.05, 3.63) is 0 Å². The molecule has 20 heavy (non-hydrogen) atoms. The van der Waals surface area contributed by atoms with Crippen LogP contribution in [0.5, 0.6) is 0 Å². The van der Waals surface area contributed by atoms with Gasteiger partial charge in [0.2, 0.25) is 0 Å². The largest absolute Gasteiger partial charge is 0.389 e. The zero-order chi connectivity index (χ0) is 14.3. The number of hydrogen-bond acceptors (Lipinski definition) is 2. The van der Waals surface area contributed by atoms with Crippen LogP contribution in [0.3, 0.4) is 0 Å². The molecule has 1 saturated heterocycles. The van der Waals surface area contributed by atoms with Crippen molar-refractivity contribution in [2.75, 3.05) is 19.6 Å². The first-order chi connectivity index (χ1) is 9.41. The zero-order valence-electron chi connectivity index (χ0n) is 13.6. The molecule has 0 aromatic heterocycles. The van der Waals surface area contributed by atoms with Crippen molar-refractivity contribution in [1.29, 1.82) is 0 Å². The molecule has 1 aliphatic heterocycles. The average molecular weight is 279 g/mol. The van der Waals surface area contributed by atoms with E-state index in [4.69, 9.17) is 0 Å². The predicted octanol–water partition coefficient (Wildman–Crippen LogP) is 3.97. The molecule has 0 unspecified atom stereocenters. The summed E-state index contributed by atoms with van der Waals surface area (Å²) in [6.07, 6.45) is 13.0. The molecular formula is C18H33NO. The first-order valence-corrected chi connectivity index (χ1v) is 8.85. The Morgan fingerprint density at radius 3 is 1.90 bits per heavy atom. The van der Waals surface area contributed by atoms with Crippen LogP contribution in [-0.4, -0.2) is 35.2 Å². The molecule has 0 amide bonds. The molecule has 2 nitrogen and oxygen atoms in total. The van der Waals surface area contributed by atoms with Gasteiger partial charge in [-0.05, 0) is 49.4 Å². The van der Waals surface area contributed by atoms with Crippen molar-refractivity contribution in [3.63, 3.8) is 0 Å². The smallest absolute Gasteiger partial charge is 0.0774 e. The van der Waals surface area contributed by atoms with Crippen molar-refractivity contribution in [2.45, 2.75) is 83.7 Å². The van der Waals surface area contributed by atoms with Crippen molar-refractivity contribution in [3.8, 4) is 0 Å². The summed E-state index contributed by atoms with van der Waals surface area (Å²) in [4.78, 5) is 2.55. The molecule has 0 bridgehead atoms. The minimum Gasteiger partial charge on any atom is -0.389 e. The number of rotatable bonds is 2. The van der Waals surface area contributed by atoms with Crippen LogP contribution in [0, 0.1) is 10.8 Å². The molecule has 2 saturated carbocycles. The maximum absolute atomic E-state index is 10.8. The standard InChI is InChI=1S/C18H33NO/c1-16(2)9-11-18(20,12-10-16)15-19-13-17(14-19)7-5-3-4-6-8-17/h20H,3-15H2,1-2H3. The van der Waals surface area contributed by atoms with Crippen molar-refractivity contribution in [1.82, 2.24) is 4.90 Å². The topological polar surface area (TPSA) is 23.5 Å². The highest BCUT2D eigenvalue weighted by Crippen LogP contribution is 2.45. The van der Waals surface area contributed by atoms with Crippen molar-refractivity contribution < 1.29 is 5.11 Å². The van der Waals surface area contributed by atoms with Crippen molar-refractivity contribution >= 4 is 0 Å². The van der Waals surface area contributed by atoms with Gasteiger partial charge >= 0.3 is 0 Å². The van der Waals surface area contributed by atoms with E-state index >= 15 is 0 Å². The van der Waals surface area contributed by atoms with Crippen molar-refractivity contribution in [2.24, 2.45) is 10.8 Å². The van der Waals surface area contributed by atoms with Gasteiger partial charge < -0.3 is 5.11 Å². The lowest BCUT2D eigenvalue weighted by molar-refractivity contribution is -0.0977. The van der Waals surface area contributed by atoms with E-state index in [0.29, 0.717) is 10.8 Å². The van der Waals surface area contributed by atoms with Gasteiger partial charge in [0.15, 0.2) is 0 Å². The molecule has 1 spiro atoms. The summed E-state index contributed by atoms with van der Waals surface area (Å²) in [5.41, 5.74) is 0.701. The maximum atomic E-state index is 10.8. The van der Waals surface area contributed by atoms with E-state index in [1.807, 2.05) is 0 Å². The van der Waals surface area contributed by atoms with E-state index in [1.54, 1.807) is 0 Å². The molecule has 0 radical (unpaired) electrons. The molecule has 116 valence electrons. The van der Waals surface area contributed by atoms with Crippen LogP contribution in [0.2, 0.25) is 0 Å². The van der Waals surface area contributed by atoms with E-state index in [0.717, 1.165) is 19.4 Å². The van der Waals surface area contributed by atoms with Crippen LogP contribution in [0.15, 0.2) is 0 Å². The number of likely N-dealkylation sites (tertiary alicyclic amines) is 1.